The van der Waals surface area contributed by atoms with Gasteiger partial charge in [0.05, 0.1) is 36.6 Å². The first-order chi connectivity index (χ1) is 14.6. The van der Waals surface area contributed by atoms with Gasteiger partial charge in [-0.1, -0.05) is 12.8 Å². The van der Waals surface area contributed by atoms with Gasteiger partial charge in [-0.15, -0.1) is 0 Å². The Morgan fingerprint density at radius 2 is 1.80 bits per heavy atom. The summed E-state index contributed by atoms with van der Waals surface area (Å²) in [4.78, 5) is 6.58. The van der Waals surface area contributed by atoms with Gasteiger partial charge in [0.15, 0.2) is 0 Å². The molecule has 6 rings (SSSR count). The molecule has 2 atom stereocenters. The number of fused-ring (bicyclic) bond motifs is 1. The van der Waals surface area contributed by atoms with Crippen LogP contribution in [0.1, 0.15) is 55.3 Å². The molecule has 2 aromatic rings. The highest BCUT2D eigenvalue weighted by molar-refractivity contribution is 5.63. The SMILES string of the molecule is Nc1ncc(-c2cc(C3C4CN(C5COC5)CC43)n(C3CCCC3)n2)cc1C(F)F. The van der Waals surface area contributed by atoms with Crippen LogP contribution < -0.4 is 5.73 Å². The molecule has 6 nitrogen and oxygen atoms in total. The van der Waals surface area contributed by atoms with Gasteiger partial charge in [-0.25, -0.2) is 13.8 Å². The van der Waals surface area contributed by atoms with E-state index in [-0.39, 0.29) is 11.4 Å². The molecule has 2 aliphatic carbocycles. The largest absolute Gasteiger partial charge is 0.383 e. The highest BCUT2D eigenvalue weighted by atomic mass is 19.3. The predicted molar refractivity (Wildman–Crippen MR) is 108 cm³/mol. The normalized spacial score (nSPS) is 29.5. The highest BCUT2D eigenvalue weighted by Crippen LogP contribution is 2.59. The van der Waals surface area contributed by atoms with E-state index in [4.69, 9.17) is 15.6 Å². The monoisotopic (exact) mass is 415 g/mol. The van der Waals surface area contributed by atoms with Gasteiger partial charge in [0.2, 0.25) is 0 Å². The van der Waals surface area contributed by atoms with Crippen LogP contribution in [0.2, 0.25) is 0 Å². The average molecular weight is 415 g/mol. The summed E-state index contributed by atoms with van der Waals surface area (Å²) in [7, 11) is 0. The number of hydrogen-bond donors (Lipinski definition) is 1. The molecule has 4 fully saturated rings. The van der Waals surface area contributed by atoms with Crippen molar-refractivity contribution in [1.82, 2.24) is 19.7 Å². The third kappa shape index (κ3) is 2.95. The molecular weight excluding hydrogens is 388 g/mol. The second kappa shape index (κ2) is 6.99. The van der Waals surface area contributed by atoms with Crippen molar-refractivity contribution in [2.45, 2.75) is 50.1 Å². The molecule has 2 aromatic heterocycles. The van der Waals surface area contributed by atoms with Gasteiger partial charge in [0, 0.05) is 36.5 Å². The molecule has 30 heavy (non-hydrogen) atoms. The lowest BCUT2D eigenvalue weighted by atomic mass is 10.1. The minimum absolute atomic E-state index is 0.110. The number of hydrogen-bond acceptors (Lipinski definition) is 5. The third-order valence-corrected chi connectivity index (χ3v) is 7.62. The Bertz CT molecular complexity index is 941. The van der Waals surface area contributed by atoms with Crippen LogP contribution in [0.3, 0.4) is 0 Å². The first-order valence-corrected chi connectivity index (χ1v) is 11.1. The van der Waals surface area contributed by atoms with Crippen LogP contribution in [0, 0.1) is 11.8 Å². The van der Waals surface area contributed by atoms with Crippen molar-refractivity contribution < 1.29 is 13.5 Å². The number of aromatic nitrogens is 3. The number of halogens is 2. The number of nitrogen functional groups attached to an aromatic ring is 1. The zero-order valence-corrected chi connectivity index (χ0v) is 16.9. The smallest absolute Gasteiger partial charge is 0.267 e. The zero-order chi connectivity index (χ0) is 20.4. The van der Waals surface area contributed by atoms with E-state index in [1.165, 1.54) is 24.6 Å². The first kappa shape index (κ1) is 18.7. The molecule has 2 aliphatic heterocycles. The fraction of sp³-hybridized carbons (Fsp3) is 0.636. The van der Waals surface area contributed by atoms with Crippen LogP contribution in [-0.4, -0.2) is 52.0 Å². The number of likely N-dealkylation sites (tertiary alicyclic amines) is 1. The minimum Gasteiger partial charge on any atom is -0.383 e. The van der Waals surface area contributed by atoms with Crippen molar-refractivity contribution in [1.29, 1.82) is 0 Å². The van der Waals surface area contributed by atoms with Gasteiger partial charge in [0.25, 0.3) is 6.43 Å². The van der Waals surface area contributed by atoms with Crippen LogP contribution in [-0.2, 0) is 4.74 Å². The van der Waals surface area contributed by atoms with Crippen molar-refractivity contribution in [2.75, 3.05) is 32.0 Å². The minimum atomic E-state index is -2.64. The molecule has 0 radical (unpaired) electrons. The van der Waals surface area contributed by atoms with E-state index in [1.807, 2.05) is 0 Å². The Labute approximate surface area is 174 Å². The summed E-state index contributed by atoms with van der Waals surface area (Å²) in [5, 5.41) is 4.92. The Kier molecular flexibility index (Phi) is 4.35. The Morgan fingerprint density at radius 3 is 2.43 bits per heavy atom. The molecule has 2 N–H and O–H groups in total. The number of alkyl halides is 2. The molecule has 2 saturated carbocycles. The third-order valence-electron chi connectivity index (χ3n) is 7.62. The number of nitrogens with two attached hydrogens (primary N) is 1. The molecule has 0 aromatic carbocycles. The van der Waals surface area contributed by atoms with Crippen molar-refractivity contribution >= 4 is 5.82 Å². The van der Waals surface area contributed by atoms with Crippen LogP contribution >= 0.6 is 0 Å². The van der Waals surface area contributed by atoms with Crippen molar-refractivity contribution in [3.8, 4) is 11.3 Å². The van der Waals surface area contributed by atoms with E-state index in [9.17, 15) is 8.78 Å². The van der Waals surface area contributed by atoms with E-state index >= 15 is 0 Å². The molecule has 160 valence electrons. The van der Waals surface area contributed by atoms with Crippen molar-refractivity contribution in [2.24, 2.45) is 11.8 Å². The maximum atomic E-state index is 13.3. The fourth-order valence-corrected chi connectivity index (χ4v) is 5.78. The summed E-state index contributed by atoms with van der Waals surface area (Å²) in [5.41, 5.74) is 8.07. The van der Waals surface area contributed by atoms with Crippen LogP contribution in [0.4, 0.5) is 14.6 Å². The summed E-state index contributed by atoms with van der Waals surface area (Å²) in [5.74, 6) is 1.77. The number of piperidine rings is 1. The summed E-state index contributed by atoms with van der Waals surface area (Å²) in [6, 6.07) is 4.59. The summed E-state index contributed by atoms with van der Waals surface area (Å²) in [6.45, 7) is 4.00. The number of anilines is 1. The lowest BCUT2D eigenvalue weighted by molar-refractivity contribution is -0.0610. The Hall–Kier alpha value is -2.06. The Morgan fingerprint density at radius 1 is 1.07 bits per heavy atom. The zero-order valence-electron chi connectivity index (χ0n) is 16.9. The molecule has 2 unspecified atom stereocenters. The van der Waals surface area contributed by atoms with Crippen LogP contribution in [0.15, 0.2) is 18.3 Å². The van der Waals surface area contributed by atoms with Crippen LogP contribution in [0.25, 0.3) is 11.3 Å². The van der Waals surface area contributed by atoms with Gasteiger partial charge >= 0.3 is 0 Å². The Balaban J connectivity index is 1.31. The van der Waals surface area contributed by atoms with Gasteiger partial charge in [0.1, 0.15) is 5.82 Å². The first-order valence-electron chi connectivity index (χ1n) is 11.1. The van der Waals surface area contributed by atoms with Gasteiger partial charge in [-0.2, -0.15) is 5.10 Å². The van der Waals surface area contributed by atoms with Crippen LogP contribution in [0.5, 0.6) is 0 Å². The molecular formula is C22H27F2N5O. The maximum Gasteiger partial charge on any atom is 0.267 e. The lowest BCUT2D eigenvalue weighted by Crippen LogP contribution is -2.48. The summed E-state index contributed by atoms with van der Waals surface area (Å²) in [6.07, 6.45) is 3.67. The summed E-state index contributed by atoms with van der Waals surface area (Å²) < 4.78 is 34.2. The summed E-state index contributed by atoms with van der Waals surface area (Å²) >= 11 is 0. The molecule has 2 saturated heterocycles. The second-order valence-corrected chi connectivity index (χ2v) is 9.34. The van der Waals surface area contributed by atoms with Gasteiger partial charge < -0.3 is 10.5 Å². The second-order valence-electron chi connectivity index (χ2n) is 9.34. The van der Waals surface area contributed by atoms with E-state index in [1.54, 1.807) is 6.20 Å². The maximum absolute atomic E-state index is 13.3. The van der Waals surface area contributed by atoms with E-state index in [0.717, 1.165) is 44.8 Å². The van der Waals surface area contributed by atoms with Crippen molar-refractivity contribution in [3.63, 3.8) is 0 Å². The molecule has 0 amide bonds. The van der Waals surface area contributed by atoms with E-state index < -0.39 is 6.43 Å². The standard InChI is InChI=1S/C22H27F2N5O/c23-21(24)15-5-12(7-26-22(15)25)18-6-19(29(27-18)13-3-1-2-4-13)20-16-8-28(9-17(16)20)14-10-30-11-14/h5-7,13-14,16-17,20-21H,1-4,8-11H2,(H2,25,26). The quantitative estimate of drug-likeness (QED) is 0.808. The molecule has 0 spiro atoms. The number of ether oxygens (including phenoxy) is 1. The topological polar surface area (TPSA) is 69.2 Å². The predicted octanol–water partition coefficient (Wildman–Crippen LogP) is 3.62. The van der Waals surface area contributed by atoms with Crippen molar-refractivity contribution in [3.05, 3.63) is 29.6 Å². The fourth-order valence-electron chi connectivity index (χ4n) is 5.78. The number of nitrogens with zero attached hydrogens (tertiary/aromatic N) is 4. The van der Waals surface area contributed by atoms with E-state index in [2.05, 4.69) is 20.6 Å². The van der Waals surface area contributed by atoms with Gasteiger partial charge in [-0.3, -0.25) is 9.58 Å². The lowest BCUT2D eigenvalue weighted by Gasteiger charge is -2.35. The van der Waals surface area contributed by atoms with Gasteiger partial charge in [-0.05, 0) is 36.8 Å². The molecule has 0 bridgehead atoms. The molecule has 8 heteroatoms. The number of rotatable bonds is 5. The molecule has 4 aliphatic rings. The average Bonchev–Trinajstić information content (AvgIpc) is 3.18. The van der Waals surface area contributed by atoms with E-state index in [0.29, 0.717) is 35.4 Å². The highest BCUT2D eigenvalue weighted by Gasteiger charge is 2.59. The molecule has 4 heterocycles. The number of pyridine rings is 1.